The standard InChI is InChI=1S/C14H20BrN3O3S/c1-9(2)17-13(19)6-7-16-14(20)8-21-18-10(3)11-4-5-12(15)22-11/h4-5,9H,6-8H2,1-3H3,(H,16,20)(H,17,19)/b18-10+. The van der Waals surface area contributed by atoms with Crippen molar-refractivity contribution in [3.63, 3.8) is 0 Å². The predicted molar refractivity (Wildman–Crippen MR) is 91.1 cm³/mol. The van der Waals surface area contributed by atoms with Crippen molar-refractivity contribution < 1.29 is 14.4 Å². The molecule has 0 aromatic carbocycles. The molecule has 2 amide bonds. The van der Waals surface area contributed by atoms with Gasteiger partial charge in [0.2, 0.25) is 5.91 Å². The minimum atomic E-state index is -0.304. The van der Waals surface area contributed by atoms with E-state index < -0.39 is 0 Å². The van der Waals surface area contributed by atoms with Gasteiger partial charge in [-0.1, -0.05) is 5.16 Å². The van der Waals surface area contributed by atoms with Crippen LogP contribution in [-0.2, 0) is 14.4 Å². The van der Waals surface area contributed by atoms with Crippen molar-refractivity contribution >= 4 is 44.8 Å². The Morgan fingerprint density at radius 3 is 2.68 bits per heavy atom. The van der Waals surface area contributed by atoms with E-state index in [1.165, 1.54) is 11.3 Å². The predicted octanol–water partition coefficient (Wildman–Crippen LogP) is 2.28. The van der Waals surface area contributed by atoms with Crippen molar-refractivity contribution in [1.82, 2.24) is 10.6 Å². The molecule has 1 rings (SSSR count). The molecule has 0 saturated heterocycles. The van der Waals surface area contributed by atoms with Gasteiger partial charge in [-0.3, -0.25) is 9.59 Å². The van der Waals surface area contributed by atoms with Gasteiger partial charge in [-0.05, 0) is 48.8 Å². The van der Waals surface area contributed by atoms with E-state index in [4.69, 9.17) is 4.84 Å². The highest BCUT2D eigenvalue weighted by Gasteiger charge is 2.06. The minimum Gasteiger partial charge on any atom is -0.385 e. The van der Waals surface area contributed by atoms with Gasteiger partial charge in [-0.15, -0.1) is 11.3 Å². The monoisotopic (exact) mass is 389 g/mol. The van der Waals surface area contributed by atoms with Crippen LogP contribution in [0.4, 0.5) is 0 Å². The Morgan fingerprint density at radius 1 is 1.36 bits per heavy atom. The molecule has 0 aliphatic heterocycles. The molecule has 0 unspecified atom stereocenters. The number of hydrogen-bond acceptors (Lipinski definition) is 5. The van der Waals surface area contributed by atoms with Crippen molar-refractivity contribution in [2.24, 2.45) is 5.16 Å². The maximum atomic E-state index is 11.5. The molecule has 6 nitrogen and oxygen atoms in total. The van der Waals surface area contributed by atoms with Gasteiger partial charge in [0.15, 0.2) is 6.61 Å². The summed E-state index contributed by atoms with van der Waals surface area (Å²) >= 11 is 4.91. The number of carbonyl (C=O) groups excluding carboxylic acids is 2. The number of amides is 2. The molecule has 0 saturated carbocycles. The quantitative estimate of drug-likeness (QED) is 0.528. The summed E-state index contributed by atoms with van der Waals surface area (Å²) in [6.07, 6.45) is 0.245. The van der Waals surface area contributed by atoms with Crippen LogP contribution < -0.4 is 10.6 Å². The summed E-state index contributed by atoms with van der Waals surface area (Å²) in [7, 11) is 0. The highest BCUT2D eigenvalue weighted by Crippen LogP contribution is 2.22. The fraction of sp³-hybridized carbons (Fsp3) is 0.500. The van der Waals surface area contributed by atoms with E-state index in [-0.39, 0.29) is 37.4 Å². The molecular formula is C14H20BrN3O3S. The fourth-order valence-corrected chi connectivity index (χ4v) is 2.82. The first-order chi connectivity index (χ1) is 10.4. The molecule has 0 radical (unpaired) electrons. The first kappa shape index (κ1) is 18.6. The lowest BCUT2D eigenvalue weighted by atomic mass is 10.3. The Balaban J connectivity index is 2.22. The Bertz CT molecular complexity index is 543. The average Bonchev–Trinajstić information content (AvgIpc) is 2.84. The topological polar surface area (TPSA) is 79.8 Å². The van der Waals surface area contributed by atoms with Crippen LogP contribution in [0.2, 0.25) is 0 Å². The zero-order chi connectivity index (χ0) is 16.5. The second-order valence-corrected chi connectivity index (χ2v) is 7.34. The molecule has 1 heterocycles. The highest BCUT2D eigenvalue weighted by molar-refractivity contribution is 9.11. The maximum Gasteiger partial charge on any atom is 0.260 e. The molecule has 122 valence electrons. The van der Waals surface area contributed by atoms with Crippen molar-refractivity contribution in [3.8, 4) is 0 Å². The van der Waals surface area contributed by atoms with Crippen LogP contribution in [0, 0.1) is 0 Å². The maximum absolute atomic E-state index is 11.5. The first-order valence-electron chi connectivity index (χ1n) is 6.87. The van der Waals surface area contributed by atoms with Crippen LogP contribution >= 0.6 is 27.3 Å². The van der Waals surface area contributed by atoms with Crippen LogP contribution in [0.15, 0.2) is 21.1 Å². The van der Waals surface area contributed by atoms with Crippen LogP contribution in [0.3, 0.4) is 0 Å². The molecule has 2 N–H and O–H groups in total. The Labute approximate surface area is 142 Å². The fourth-order valence-electron chi connectivity index (χ4n) is 1.50. The largest absolute Gasteiger partial charge is 0.385 e. The lowest BCUT2D eigenvalue weighted by Crippen LogP contribution is -2.35. The van der Waals surface area contributed by atoms with Crippen molar-refractivity contribution in [2.75, 3.05) is 13.2 Å². The summed E-state index contributed by atoms with van der Waals surface area (Å²) < 4.78 is 1.01. The number of halogens is 1. The van der Waals surface area contributed by atoms with Crippen LogP contribution in [0.5, 0.6) is 0 Å². The van der Waals surface area contributed by atoms with E-state index in [0.717, 1.165) is 8.66 Å². The lowest BCUT2D eigenvalue weighted by molar-refractivity contribution is -0.126. The summed E-state index contributed by atoms with van der Waals surface area (Å²) in [6.45, 7) is 5.69. The summed E-state index contributed by atoms with van der Waals surface area (Å²) in [5.41, 5.74) is 0.708. The third-order valence-corrected chi connectivity index (χ3v) is 4.18. The number of oxime groups is 1. The number of nitrogens with one attached hydrogen (secondary N) is 2. The highest BCUT2D eigenvalue weighted by atomic mass is 79.9. The minimum absolute atomic E-state index is 0.0895. The van der Waals surface area contributed by atoms with Gasteiger partial charge in [0.25, 0.3) is 5.91 Å². The van der Waals surface area contributed by atoms with Gasteiger partial charge >= 0.3 is 0 Å². The zero-order valence-corrected chi connectivity index (χ0v) is 15.2. The van der Waals surface area contributed by atoms with E-state index in [2.05, 4.69) is 31.7 Å². The summed E-state index contributed by atoms with van der Waals surface area (Å²) in [5.74, 6) is -0.394. The smallest absolute Gasteiger partial charge is 0.260 e. The van der Waals surface area contributed by atoms with Crippen LogP contribution in [0.1, 0.15) is 32.1 Å². The molecule has 0 aliphatic rings. The number of rotatable bonds is 8. The molecule has 8 heteroatoms. The summed E-state index contributed by atoms with van der Waals surface area (Å²) in [5, 5.41) is 9.25. The molecule has 1 aromatic rings. The first-order valence-corrected chi connectivity index (χ1v) is 8.47. The van der Waals surface area contributed by atoms with Gasteiger partial charge in [0.1, 0.15) is 0 Å². The van der Waals surface area contributed by atoms with E-state index in [9.17, 15) is 9.59 Å². The number of nitrogens with zero attached hydrogens (tertiary/aromatic N) is 1. The SMILES string of the molecule is C/C(=N\OCC(=O)NCCC(=O)NC(C)C)c1ccc(Br)s1. The molecule has 0 atom stereocenters. The van der Waals surface area contributed by atoms with E-state index in [1.54, 1.807) is 0 Å². The third-order valence-electron chi connectivity index (χ3n) is 2.45. The molecule has 0 bridgehead atoms. The lowest BCUT2D eigenvalue weighted by Gasteiger charge is -2.08. The van der Waals surface area contributed by atoms with E-state index >= 15 is 0 Å². The molecule has 0 fully saturated rings. The van der Waals surface area contributed by atoms with E-state index in [1.807, 2.05) is 32.9 Å². The molecule has 22 heavy (non-hydrogen) atoms. The van der Waals surface area contributed by atoms with Gasteiger partial charge < -0.3 is 15.5 Å². The van der Waals surface area contributed by atoms with Crippen molar-refractivity contribution in [2.45, 2.75) is 33.2 Å². The zero-order valence-electron chi connectivity index (χ0n) is 12.8. The summed E-state index contributed by atoms with van der Waals surface area (Å²) in [6, 6.07) is 3.94. The number of carbonyl (C=O) groups is 2. The van der Waals surface area contributed by atoms with Crippen LogP contribution in [0.25, 0.3) is 0 Å². The second kappa shape index (κ2) is 9.58. The van der Waals surface area contributed by atoms with Gasteiger partial charge in [0.05, 0.1) is 14.4 Å². The molecule has 1 aromatic heterocycles. The number of hydrogen-bond donors (Lipinski definition) is 2. The molecular weight excluding hydrogens is 370 g/mol. The van der Waals surface area contributed by atoms with Gasteiger partial charge in [0, 0.05) is 19.0 Å². The normalized spacial score (nSPS) is 11.4. The van der Waals surface area contributed by atoms with Crippen molar-refractivity contribution in [1.29, 1.82) is 0 Å². The van der Waals surface area contributed by atoms with Crippen molar-refractivity contribution in [3.05, 3.63) is 20.8 Å². The molecule has 0 spiro atoms. The third kappa shape index (κ3) is 7.56. The second-order valence-electron chi connectivity index (χ2n) is 4.88. The molecule has 0 aliphatic carbocycles. The Kier molecular flexibility index (Phi) is 8.11. The Morgan fingerprint density at radius 2 is 2.09 bits per heavy atom. The Hall–Kier alpha value is -1.41. The van der Waals surface area contributed by atoms with Crippen LogP contribution in [-0.4, -0.2) is 36.7 Å². The number of thiophene rings is 1. The average molecular weight is 390 g/mol. The van der Waals surface area contributed by atoms with E-state index in [0.29, 0.717) is 5.71 Å². The summed E-state index contributed by atoms with van der Waals surface area (Å²) in [4.78, 5) is 28.9. The van der Waals surface area contributed by atoms with Gasteiger partial charge in [-0.25, -0.2) is 0 Å². The van der Waals surface area contributed by atoms with Gasteiger partial charge in [-0.2, -0.15) is 0 Å².